The predicted octanol–water partition coefficient (Wildman–Crippen LogP) is 2.41. The highest BCUT2D eigenvalue weighted by molar-refractivity contribution is 5.76. The summed E-state index contributed by atoms with van der Waals surface area (Å²) in [4.78, 5) is 14.4. The van der Waals surface area contributed by atoms with Gasteiger partial charge in [-0.25, -0.2) is 0 Å². The van der Waals surface area contributed by atoms with Crippen LogP contribution in [0.3, 0.4) is 0 Å². The van der Waals surface area contributed by atoms with Gasteiger partial charge in [0.25, 0.3) is 0 Å². The van der Waals surface area contributed by atoms with Crippen molar-refractivity contribution >= 4 is 5.91 Å². The Morgan fingerprint density at radius 3 is 2.39 bits per heavy atom. The third kappa shape index (κ3) is 3.98. The molecule has 0 bridgehead atoms. The summed E-state index contributed by atoms with van der Waals surface area (Å²) in [6.07, 6.45) is 8.26. The van der Waals surface area contributed by atoms with E-state index in [4.69, 9.17) is 0 Å². The van der Waals surface area contributed by atoms with Crippen molar-refractivity contribution in [3.05, 3.63) is 0 Å². The second-order valence-electron chi connectivity index (χ2n) is 6.06. The number of piperidine rings is 1. The molecule has 2 heterocycles. The van der Waals surface area contributed by atoms with Gasteiger partial charge in [-0.15, -0.1) is 0 Å². The van der Waals surface area contributed by atoms with Crippen LogP contribution in [0.25, 0.3) is 0 Å². The summed E-state index contributed by atoms with van der Waals surface area (Å²) in [5.41, 5.74) is 0. The Kier molecular flexibility index (Phi) is 5.48. The van der Waals surface area contributed by atoms with Crippen molar-refractivity contribution in [1.29, 1.82) is 0 Å². The first-order valence-electron chi connectivity index (χ1n) is 7.76. The molecule has 2 fully saturated rings. The molecule has 1 atom stereocenters. The quantitative estimate of drug-likeness (QED) is 0.836. The molecule has 1 amide bonds. The van der Waals surface area contributed by atoms with Gasteiger partial charge in [0.1, 0.15) is 0 Å². The molecule has 0 aromatic heterocycles. The SMILES string of the molecule is CC(CC(=O)N1CCCCCC1)C1CCNCC1. The van der Waals surface area contributed by atoms with Crippen molar-refractivity contribution in [2.75, 3.05) is 26.2 Å². The molecule has 3 heteroatoms. The maximum atomic E-state index is 12.3. The van der Waals surface area contributed by atoms with Gasteiger partial charge in [0.2, 0.25) is 5.91 Å². The van der Waals surface area contributed by atoms with Crippen LogP contribution in [0.5, 0.6) is 0 Å². The molecule has 1 unspecified atom stereocenters. The Morgan fingerprint density at radius 1 is 1.17 bits per heavy atom. The summed E-state index contributed by atoms with van der Waals surface area (Å²) in [5, 5.41) is 3.40. The Labute approximate surface area is 111 Å². The van der Waals surface area contributed by atoms with E-state index < -0.39 is 0 Å². The highest BCUT2D eigenvalue weighted by Gasteiger charge is 2.24. The monoisotopic (exact) mass is 252 g/mol. The summed E-state index contributed by atoms with van der Waals surface area (Å²) >= 11 is 0. The van der Waals surface area contributed by atoms with Crippen LogP contribution in [0.4, 0.5) is 0 Å². The lowest BCUT2D eigenvalue weighted by Crippen LogP contribution is -2.36. The van der Waals surface area contributed by atoms with Gasteiger partial charge in [-0.2, -0.15) is 0 Å². The predicted molar refractivity (Wildman–Crippen MR) is 74.4 cm³/mol. The number of hydrogen-bond donors (Lipinski definition) is 1. The number of hydrogen-bond acceptors (Lipinski definition) is 2. The Hall–Kier alpha value is -0.570. The molecule has 2 saturated heterocycles. The number of carbonyl (C=O) groups is 1. The second kappa shape index (κ2) is 7.13. The van der Waals surface area contributed by atoms with Gasteiger partial charge in [0, 0.05) is 19.5 Å². The zero-order valence-electron chi connectivity index (χ0n) is 11.8. The zero-order chi connectivity index (χ0) is 12.8. The largest absolute Gasteiger partial charge is 0.343 e. The van der Waals surface area contributed by atoms with Crippen LogP contribution in [-0.2, 0) is 4.79 Å². The lowest BCUT2D eigenvalue weighted by Gasteiger charge is -2.29. The average Bonchev–Trinajstić information content (AvgIpc) is 2.68. The van der Waals surface area contributed by atoms with E-state index in [-0.39, 0.29) is 0 Å². The van der Waals surface area contributed by atoms with E-state index in [1.807, 2.05) is 0 Å². The smallest absolute Gasteiger partial charge is 0.222 e. The van der Waals surface area contributed by atoms with Crippen LogP contribution in [0.2, 0.25) is 0 Å². The fourth-order valence-electron chi connectivity index (χ4n) is 3.30. The Morgan fingerprint density at radius 2 is 1.78 bits per heavy atom. The van der Waals surface area contributed by atoms with E-state index in [0.717, 1.165) is 38.5 Å². The maximum Gasteiger partial charge on any atom is 0.222 e. The van der Waals surface area contributed by atoms with Gasteiger partial charge >= 0.3 is 0 Å². The maximum absolute atomic E-state index is 12.3. The van der Waals surface area contributed by atoms with Crippen LogP contribution in [0.1, 0.15) is 51.9 Å². The van der Waals surface area contributed by atoms with Crippen molar-refractivity contribution < 1.29 is 4.79 Å². The van der Waals surface area contributed by atoms with Crippen molar-refractivity contribution in [2.45, 2.75) is 51.9 Å². The van der Waals surface area contributed by atoms with E-state index in [0.29, 0.717) is 11.8 Å². The van der Waals surface area contributed by atoms with Gasteiger partial charge < -0.3 is 10.2 Å². The van der Waals surface area contributed by atoms with Crippen molar-refractivity contribution in [3.63, 3.8) is 0 Å². The van der Waals surface area contributed by atoms with E-state index in [1.54, 1.807) is 0 Å². The van der Waals surface area contributed by atoms with Gasteiger partial charge in [0.05, 0.1) is 0 Å². The molecule has 0 aromatic carbocycles. The molecule has 104 valence electrons. The summed E-state index contributed by atoms with van der Waals surface area (Å²) in [6.45, 7) is 6.53. The fourth-order valence-corrected chi connectivity index (χ4v) is 3.30. The highest BCUT2D eigenvalue weighted by atomic mass is 16.2. The van der Waals surface area contributed by atoms with Crippen LogP contribution in [0, 0.1) is 11.8 Å². The van der Waals surface area contributed by atoms with Crippen LogP contribution < -0.4 is 5.32 Å². The van der Waals surface area contributed by atoms with E-state index in [2.05, 4.69) is 17.1 Å². The first kappa shape index (κ1) is 13.9. The first-order valence-corrected chi connectivity index (χ1v) is 7.76. The number of nitrogens with zero attached hydrogens (tertiary/aromatic N) is 1. The summed E-state index contributed by atoms with van der Waals surface area (Å²) < 4.78 is 0. The molecule has 3 nitrogen and oxygen atoms in total. The van der Waals surface area contributed by atoms with Gasteiger partial charge in [-0.05, 0) is 50.6 Å². The molecule has 0 spiro atoms. The minimum atomic E-state index is 0.405. The number of nitrogens with one attached hydrogen (secondary N) is 1. The minimum absolute atomic E-state index is 0.405. The second-order valence-corrected chi connectivity index (χ2v) is 6.06. The molecule has 0 aliphatic carbocycles. The third-order valence-electron chi connectivity index (χ3n) is 4.64. The third-order valence-corrected chi connectivity index (χ3v) is 4.64. The summed E-state index contributed by atoms with van der Waals surface area (Å²) in [6, 6.07) is 0. The van der Waals surface area contributed by atoms with Gasteiger partial charge in [-0.3, -0.25) is 4.79 Å². The highest BCUT2D eigenvalue weighted by Crippen LogP contribution is 2.25. The number of amides is 1. The van der Waals surface area contributed by atoms with Crippen molar-refractivity contribution in [2.24, 2.45) is 11.8 Å². The normalized spacial score (nSPS) is 24.6. The first-order chi connectivity index (χ1) is 8.77. The molecule has 2 aliphatic rings. The van der Waals surface area contributed by atoms with Crippen LogP contribution in [-0.4, -0.2) is 37.0 Å². The van der Waals surface area contributed by atoms with Gasteiger partial charge in [0.15, 0.2) is 0 Å². The number of carbonyl (C=O) groups excluding carboxylic acids is 1. The topological polar surface area (TPSA) is 32.3 Å². The number of rotatable bonds is 3. The van der Waals surface area contributed by atoms with E-state index in [1.165, 1.54) is 38.5 Å². The van der Waals surface area contributed by atoms with Crippen LogP contribution >= 0.6 is 0 Å². The molecule has 1 N–H and O–H groups in total. The number of likely N-dealkylation sites (tertiary alicyclic amines) is 1. The van der Waals surface area contributed by atoms with Gasteiger partial charge in [-0.1, -0.05) is 19.8 Å². The Balaban J connectivity index is 1.77. The average molecular weight is 252 g/mol. The molecular formula is C15H28N2O. The molecule has 0 radical (unpaired) electrons. The molecule has 0 saturated carbocycles. The molecule has 18 heavy (non-hydrogen) atoms. The molecule has 0 aromatic rings. The summed E-state index contributed by atoms with van der Waals surface area (Å²) in [5.74, 6) is 1.72. The molecule has 2 aliphatic heterocycles. The van der Waals surface area contributed by atoms with Crippen LogP contribution in [0.15, 0.2) is 0 Å². The molecule has 2 rings (SSSR count). The van der Waals surface area contributed by atoms with Crippen molar-refractivity contribution in [3.8, 4) is 0 Å². The minimum Gasteiger partial charge on any atom is -0.343 e. The zero-order valence-corrected chi connectivity index (χ0v) is 11.8. The summed E-state index contributed by atoms with van der Waals surface area (Å²) in [7, 11) is 0. The lowest BCUT2D eigenvalue weighted by molar-refractivity contribution is -0.132. The van der Waals surface area contributed by atoms with Crippen molar-refractivity contribution in [1.82, 2.24) is 10.2 Å². The fraction of sp³-hybridized carbons (Fsp3) is 0.933. The Bertz CT molecular complexity index is 253. The standard InChI is InChI=1S/C15H28N2O/c1-13(14-6-8-16-9-7-14)12-15(18)17-10-4-2-3-5-11-17/h13-14,16H,2-12H2,1H3. The van der Waals surface area contributed by atoms with E-state index >= 15 is 0 Å². The van der Waals surface area contributed by atoms with E-state index in [9.17, 15) is 4.79 Å². The molecular weight excluding hydrogens is 224 g/mol. The lowest BCUT2D eigenvalue weighted by atomic mass is 9.84.